The van der Waals surface area contributed by atoms with Crippen LogP contribution in [0.2, 0.25) is 0 Å². The number of nitrogens with zero attached hydrogens (tertiary/aromatic N) is 1. The lowest BCUT2D eigenvalue weighted by Gasteiger charge is -2.44. The molecule has 2 amide bonds. The molecule has 0 radical (unpaired) electrons. The van der Waals surface area contributed by atoms with Gasteiger partial charge < -0.3 is 15.4 Å². The molecule has 0 saturated carbocycles. The third kappa shape index (κ3) is 3.71. The van der Waals surface area contributed by atoms with Crippen LogP contribution in [0.5, 0.6) is 0 Å². The Hall–Kier alpha value is -1.88. The number of benzene rings is 1. The van der Waals surface area contributed by atoms with E-state index in [9.17, 15) is 9.59 Å². The number of hydrogen-bond acceptors (Lipinski definition) is 3. The topological polar surface area (TPSA) is 72.6 Å². The van der Waals surface area contributed by atoms with Crippen LogP contribution in [0.4, 0.5) is 0 Å². The van der Waals surface area contributed by atoms with E-state index in [-0.39, 0.29) is 17.2 Å². The molecule has 0 aliphatic carbocycles. The monoisotopic (exact) mass is 344 g/mol. The van der Waals surface area contributed by atoms with Crippen LogP contribution in [0.3, 0.4) is 0 Å². The Kier molecular flexibility index (Phi) is 5.13. The standard InChI is InChI=1S/C20H28N2O3/c1-19(17(21)23)7-11-22(12-8-19)18(24)20(9-13-25-14-10-20)15-16-5-3-2-4-6-16/h2-6H,7-15H2,1H3,(H2,21,23). The number of likely N-dealkylation sites (tertiary alicyclic amines) is 1. The maximum atomic E-state index is 13.4. The Balaban J connectivity index is 1.75. The van der Waals surface area contributed by atoms with Gasteiger partial charge in [0.2, 0.25) is 11.8 Å². The molecule has 0 atom stereocenters. The SMILES string of the molecule is CC1(C(N)=O)CCN(C(=O)C2(Cc3ccccc3)CCOCC2)CC1. The first-order valence-electron chi connectivity index (χ1n) is 9.16. The number of ether oxygens (including phenoxy) is 1. The van der Waals surface area contributed by atoms with E-state index in [0.717, 1.165) is 19.3 Å². The summed E-state index contributed by atoms with van der Waals surface area (Å²) in [6, 6.07) is 10.2. The quantitative estimate of drug-likeness (QED) is 0.909. The summed E-state index contributed by atoms with van der Waals surface area (Å²) in [5.74, 6) is -0.0455. The predicted octanol–water partition coefficient (Wildman–Crippen LogP) is 2.14. The summed E-state index contributed by atoms with van der Waals surface area (Å²) in [6.07, 6.45) is 3.55. The van der Waals surface area contributed by atoms with Gasteiger partial charge in [-0.05, 0) is 37.7 Å². The van der Waals surface area contributed by atoms with Crippen molar-refractivity contribution >= 4 is 11.8 Å². The third-order valence-electron chi connectivity index (χ3n) is 6.04. The molecule has 0 aromatic heterocycles. The van der Waals surface area contributed by atoms with Crippen LogP contribution in [0.1, 0.15) is 38.2 Å². The van der Waals surface area contributed by atoms with Crippen LogP contribution in [-0.4, -0.2) is 43.0 Å². The number of primary amides is 1. The zero-order valence-corrected chi connectivity index (χ0v) is 15.0. The molecule has 0 bridgehead atoms. The molecule has 2 aliphatic rings. The highest BCUT2D eigenvalue weighted by Crippen LogP contribution is 2.39. The summed E-state index contributed by atoms with van der Waals surface area (Å²) in [7, 11) is 0. The van der Waals surface area contributed by atoms with E-state index >= 15 is 0 Å². The van der Waals surface area contributed by atoms with Crippen molar-refractivity contribution in [2.45, 2.75) is 39.0 Å². The molecule has 0 unspecified atom stereocenters. The van der Waals surface area contributed by atoms with Gasteiger partial charge in [0.25, 0.3) is 0 Å². The second-order valence-corrected chi connectivity index (χ2v) is 7.77. The first-order chi connectivity index (χ1) is 12.0. The lowest BCUT2D eigenvalue weighted by atomic mass is 9.72. The molecule has 5 nitrogen and oxygen atoms in total. The van der Waals surface area contributed by atoms with Crippen molar-refractivity contribution in [3.63, 3.8) is 0 Å². The Morgan fingerprint density at radius 2 is 1.68 bits per heavy atom. The van der Waals surface area contributed by atoms with Gasteiger partial charge in [0, 0.05) is 31.7 Å². The third-order valence-corrected chi connectivity index (χ3v) is 6.04. The van der Waals surface area contributed by atoms with Crippen LogP contribution in [0.25, 0.3) is 0 Å². The molecule has 3 rings (SSSR count). The highest BCUT2D eigenvalue weighted by Gasteiger charge is 2.45. The minimum atomic E-state index is -0.487. The van der Waals surface area contributed by atoms with Crippen LogP contribution in [0, 0.1) is 10.8 Å². The van der Waals surface area contributed by atoms with Crippen LogP contribution >= 0.6 is 0 Å². The fraction of sp³-hybridized carbons (Fsp3) is 0.600. The molecule has 2 N–H and O–H groups in total. The second-order valence-electron chi connectivity index (χ2n) is 7.77. The molecular weight excluding hydrogens is 316 g/mol. The van der Waals surface area contributed by atoms with E-state index < -0.39 is 5.41 Å². The maximum Gasteiger partial charge on any atom is 0.229 e. The van der Waals surface area contributed by atoms with E-state index in [0.29, 0.717) is 39.1 Å². The average molecular weight is 344 g/mol. The van der Waals surface area contributed by atoms with Crippen molar-refractivity contribution in [1.29, 1.82) is 0 Å². The average Bonchev–Trinajstić information content (AvgIpc) is 2.63. The van der Waals surface area contributed by atoms with Crippen molar-refractivity contribution in [2.75, 3.05) is 26.3 Å². The molecule has 1 aromatic rings. The van der Waals surface area contributed by atoms with E-state index in [4.69, 9.17) is 10.5 Å². The van der Waals surface area contributed by atoms with E-state index in [1.807, 2.05) is 30.0 Å². The number of piperidine rings is 1. The molecule has 2 aliphatic heterocycles. The van der Waals surface area contributed by atoms with E-state index in [1.54, 1.807) is 0 Å². The molecule has 2 saturated heterocycles. The Bertz CT molecular complexity index is 615. The van der Waals surface area contributed by atoms with E-state index in [1.165, 1.54) is 5.56 Å². The molecule has 2 heterocycles. The maximum absolute atomic E-state index is 13.4. The lowest BCUT2D eigenvalue weighted by molar-refractivity contribution is -0.152. The Morgan fingerprint density at radius 3 is 2.24 bits per heavy atom. The van der Waals surface area contributed by atoms with Gasteiger partial charge in [0.1, 0.15) is 0 Å². The predicted molar refractivity (Wildman–Crippen MR) is 95.7 cm³/mol. The number of amides is 2. The van der Waals surface area contributed by atoms with Gasteiger partial charge in [0.05, 0.1) is 5.41 Å². The molecule has 25 heavy (non-hydrogen) atoms. The minimum absolute atomic E-state index is 0.214. The normalized spacial score (nSPS) is 22.4. The van der Waals surface area contributed by atoms with E-state index in [2.05, 4.69) is 12.1 Å². The minimum Gasteiger partial charge on any atom is -0.381 e. The first-order valence-corrected chi connectivity index (χ1v) is 9.16. The van der Waals surface area contributed by atoms with Gasteiger partial charge in [0.15, 0.2) is 0 Å². The zero-order valence-electron chi connectivity index (χ0n) is 15.0. The summed E-state index contributed by atoms with van der Waals surface area (Å²) < 4.78 is 5.53. The summed E-state index contributed by atoms with van der Waals surface area (Å²) in [5.41, 5.74) is 5.85. The van der Waals surface area contributed by atoms with Crippen LogP contribution < -0.4 is 5.73 Å². The summed E-state index contributed by atoms with van der Waals surface area (Å²) in [5, 5.41) is 0. The van der Waals surface area contributed by atoms with Crippen molar-refractivity contribution in [3.8, 4) is 0 Å². The Labute approximate surface area is 149 Å². The molecule has 1 aromatic carbocycles. The highest BCUT2D eigenvalue weighted by molar-refractivity contribution is 5.84. The van der Waals surface area contributed by atoms with Gasteiger partial charge in [-0.15, -0.1) is 0 Å². The lowest BCUT2D eigenvalue weighted by Crippen LogP contribution is -2.53. The van der Waals surface area contributed by atoms with Gasteiger partial charge >= 0.3 is 0 Å². The fourth-order valence-corrected chi connectivity index (χ4v) is 4.00. The second kappa shape index (κ2) is 7.16. The van der Waals surface area contributed by atoms with Crippen molar-refractivity contribution < 1.29 is 14.3 Å². The molecular formula is C20H28N2O3. The van der Waals surface area contributed by atoms with Gasteiger partial charge in [-0.2, -0.15) is 0 Å². The van der Waals surface area contributed by atoms with Gasteiger partial charge in [-0.3, -0.25) is 9.59 Å². The van der Waals surface area contributed by atoms with Crippen molar-refractivity contribution in [3.05, 3.63) is 35.9 Å². The largest absolute Gasteiger partial charge is 0.381 e. The first kappa shape index (κ1) is 17.9. The molecule has 0 spiro atoms. The van der Waals surface area contributed by atoms with Gasteiger partial charge in [-0.1, -0.05) is 37.3 Å². The van der Waals surface area contributed by atoms with Crippen molar-refractivity contribution in [1.82, 2.24) is 4.90 Å². The number of carbonyl (C=O) groups is 2. The van der Waals surface area contributed by atoms with Crippen LogP contribution in [-0.2, 0) is 20.7 Å². The number of nitrogens with two attached hydrogens (primary N) is 1. The zero-order chi connectivity index (χ0) is 17.9. The molecule has 5 heteroatoms. The fourth-order valence-electron chi connectivity index (χ4n) is 4.00. The highest BCUT2D eigenvalue weighted by atomic mass is 16.5. The number of hydrogen-bond donors (Lipinski definition) is 1. The molecule has 2 fully saturated rings. The van der Waals surface area contributed by atoms with Gasteiger partial charge in [-0.25, -0.2) is 0 Å². The Morgan fingerprint density at radius 1 is 1.08 bits per heavy atom. The van der Waals surface area contributed by atoms with Crippen LogP contribution in [0.15, 0.2) is 30.3 Å². The summed E-state index contributed by atoms with van der Waals surface area (Å²) in [6.45, 7) is 4.38. The smallest absolute Gasteiger partial charge is 0.229 e. The molecule has 136 valence electrons. The number of carbonyl (C=O) groups excluding carboxylic acids is 2. The summed E-state index contributed by atoms with van der Waals surface area (Å²) in [4.78, 5) is 27.0. The number of rotatable bonds is 4. The summed E-state index contributed by atoms with van der Waals surface area (Å²) >= 11 is 0. The van der Waals surface area contributed by atoms with Crippen molar-refractivity contribution in [2.24, 2.45) is 16.6 Å².